The number of rotatable bonds is 4. The molecule has 0 aliphatic carbocycles. The maximum Gasteiger partial charge on any atom is 0.406 e. The first-order valence-electron chi connectivity index (χ1n) is 5.48. The number of aromatic hydroxyl groups is 1. The summed E-state index contributed by atoms with van der Waals surface area (Å²) in [5.41, 5.74) is 0.0488. The van der Waals surface area contributed by atoms with Gasteiger partial charge in [-0.25, -0.2) is 0 Å². The predicted molar refractivity (Wildman–Crippen MR) is 60.4 cm³/mol. The van der Waals surface area contributed by atoms with Crippen LogP contribution < -0.4 is 0 Å². The number of nitrogens with zero attached hydrogens (tertiary/aromatic N) is 1. The topological polar surface area (TPSA) is 40.5 Å². The van der Waals surface area contributed by atoms with Gasteiger partial charge in [0.2, 0.25) is 0 Å². The van der Waals surface area contributed by atoms with Crippen LogP contribution in [0.3, 0.4) is 0 Å². The maximum atomic E-state index is 12.3. The molecule has 100 valence electrons. The van der Waals surface area contributed by atoms with Crippen LogP contribution in [0, 0.1) is 0 Å². The summed E-state index contributed by atoms with van der Waals surface area (Å²) in [6, 6.07) is 5.30. The smallest absolute Gasteiger partial charge is 0.406 e. The van der Waals surface area contributed by atoms with Gasteiger partial charge < -0.3 is 10.0 Å². The number of phenolic OH excluding ortho intramolecular Hbond substituents is 1. The van der Waals surface area contributed by atoms with Crippen LogP contribution in [0.4, 0.5) is 13.2 Å². The van der Waals surface area contributed by atoms with Gasteiger partial charge in [-0.1, -0.05) is 13.0 Å². The molecule has 0 saturated carbocycles. The zero-order valence-corrected chi connectivity index (χ0v) is 9.87. The summed E-state index contributed by atoms with van der Waals surface area (Å²) < 4.78 is 37.0. The number of phenols is 1. The third-order valence-corrected chi connectivity index (χ3v) is 2.24. The van der Waals surface area contributed by atoms with E-state index < -0.39 is 18.6 Å². The van der Waals surface area contributed by atoms with Crippen molar-refractivity contribution >= 4 is 5.91 Å². The van der Waals surface area contributed by atoms with E-state index in [1.165, 1.54) is 18.2 Å². The Labute approximate surface area is 103 Å². The lowest BCUT2D eigenvalue weighted by molar-refractivity contribution is -0.140. The number of carbonyl (C=O) groups is 1. The van der Waals surface area contributed by atoms with Crippen LogP contribution in [0.15, 0.2) is 24.3 Å². The Bertz CT molecular complexity index is 418. The van der Waals surface area contributed by atoms with Crippen LogP contribution in [-0.2, 0) is 0 Å². The van der Waals surface area contributed by atoms with E-state index in [1.807, 2.05) is 0 Å². The number of hydrogen-bond acceptors (Lipinski definition) is 2. The summed E-state index contributed by atoms with van der Waals surface area (Å²) in [6.45, 7) is 0.433. The molecule has 1 amide bonds. The predicted octanol–water partition coefficient (Wildman–Crippen LogP) is 2.81. The van der Waals surface area contributed by atoms with Gasteiger partial charge in [0.05, 0.1) is 0 Å². The summed E-state index contributed by atoms with van der Waals surface area (Å²) in [6.07, 6.45) is -4.00. The van der Waals surface area contributed by atoms with E-state index in [0.29, 0.717) is 6.42 Å². The minimum absolute atomic E-state index is 0.0218. The number of carbonyl (C=O) groups excluding carboxylic acids is 1. The van der Waals surface area contributed by atoms with E-state index in [2.05, 4.69) is 0 Å². The van der Waals surface area contributed by atoms with Gasteiger partial charge in [0, 0.05) is 12.1 Å². The first-order chi connectivity index (χ1) is 8.33. The fourth-order valence-corrected chi connectivity index (χ4v) is 1.56. The molecule has 1 N–H and O–H groups in total. The molecule has 3 nitrogen and oxygen atoms in total. The van der Waals surface area contributed by atoms with Crippen molar-refractivity contribution in [3.05, 3.63) is 29.8 Å². The fourth-order valence-electron chi connectivity index (χ4n) is 1.56. The first kappa shape index (κ1) is 14.3. The summed E-state index contributed by atoms with van der Waals surface area (Å²) in [4.78, 5) is 12.6. The lowest BCUT2D eigenvalue weighted by Crippen LogP contribution is -2.39. The number of hydrogen-bond donors (Lipinski definition) is 1. The molecule has 1 aromatic rings. The first-order valence-corrected chi connectivity index (χ1v) is 5.48. The molecule has 6 heteroatoms. The van der Waals surface area contributed by atoms with Gasteiger partial charge in [-0.3, -0.25) is 4.79 Å². The third kappa shape index (κ3) is 4.27. The molecule has 0 atom stereocenters. The van der Waals surface area contributed by atoms with Crippen LogP contribution in [0.5, 0.6) is 5.75 Å². The molecule has 0 unspecified atom stereocenters. The molecular formula is C12H14F3NO2. The number of alkyl halides is 3. The number of halogens is 3. The van der Waals surface area contributed by atoms with Crippen LogP contribution in [0.25, 0.3) is 0 Å². The zero-order valence-electron chi connectivity index (χ0n) is 9.87. The molecule has 0 aliphatic rings. The van der Waals surface area contributed by atoms with Crippen molar-refractivity contribution in [1.82, 2.24) is 4.90 Å². The molecule has 0 bridgehead atoms. The Morgan fingerprint density at radius 3 is 2.56 bits per heavy atom. The second-order valence-corrected chi connectivity index (χ2v) is 3.89. The molecule has 0 saturated heterocycles. The van der Waals surface area contributed by atoms with Crippen LogP contribution >= 0.6 is 0 Å². The highest BCUT2D eigenvalue weighted by Gasteiger charge is 2.32. The normalized spacial score (nSPS) is 11.3. The van der Waals surface area contributed by atoms with Crippen molar-refractivity contribution < 1.29 is 23.1 Å². The minimum Gasteiger partial charge on any atom is -0.508 e. The van der Waals surface area contributed by atoms with E-state index in [1.54, 1.807) is 6.92 Å². The third-order valence-electron chi connectivity index (χ3n) is 2.24. The second-order valence-electron chi connectivity index (χ2n) is 3.89. The largest absolute Gasteiger partial charge is 0.508 e. The Morgan fingerprint density at radius 1 is 1.39 bits per heavy atom. The van der Waals surface area contributed by atoms with Gasteiger partial charge in [-0.05, 0) is 24.6 Å². The van der Waals surface area contributed by atoms with Crippen LogP contribution in [0.2, 0.25) is 0 Å². The molecule has 0 spiro atoms. The molecule has 18 heavy (non-hydrogen) atoms. The molecule has 0 heterocycles. The molecule has 1 rings (SSSR count). The van der Waals surface area contributed by atoms with Crippen molar-refractivity contribution in [2.24, 2.45) is 0 Å². The Kier molecular flexibility index (Phi) is 4.58. The zero-order chi connectivity index (χ0) is 13.8. The van der Waals surface area contributed by atoms with Gasteiger partial charge in [-0.15, -0.1) is 0 Å². The monoisotopic (exact) mass is 261 g/mol. The highest BCUT2D eigenvalue weighted by atomic mass is 19.4. The van der Waals surface area contributed by atoms with Gasteiger partial charge in [-0.2, -0.15) is 13.2 Å². The van der Waals surface area contributed by atoms with Crippen LogP contribution in [-0.4, -0.2) is 35.2 Å². The van der Waals surface area contributed by atoms with E-state index in [0.717, 1.165) is 11.0 Å². The quantitative estimate of drug-likeness (QED) is 0.905. The van der Waals surface area contributed by atoms with Crippen molar-refractivity contribution in [3.8, 4) is 5.75 Å². The summed E-state index contributed by atoms with van der Waals surface area (Å²) in [7, 11) is 0. The molecule has 1 aromatic carbocycles. The summed E-state index contributed by atoms with van der Waals surface area (Å²) in [5, 5.41) is 9.21. The molecule has 0 radical (unpaired) electrons. The average Bonchev–Trinajstić information content (AvgIpc) is 2.26. The lowest BCUT2D eigenvalue weighted by Gasteiger charge is -2.23. The fraction of sp³-hybridized carbons (Fsp3) is 0.417. The average molecular weight is 261 g/mol. The SMILES string of the molecule is CCCN(CC(F)(F)F)C(=O)c1cccc(O)c1. The lowest BCUT2D eigenvalue weighted by atomic mass is 10.2. The van der Waals surface area contributed by atoms with E-state index in [-0.39, 0.29) is 17.9 Å². The van der Waals surface area contributed by atoms with Crippen LogP contribution in [0.1, 0.15) is 23.7 Å². The summed E-state index contributed by atoms with van der Waals surface area (Å²) >= 11 is 0. The van der Waals surface area contributed by atoms with Gasteiger partial charge in [0.15, 0.2) is 0 Å². The van der Waals surface area contributed by atoms with Crippen molar-refractivity contribution in [3.63, 3.8) is 0 Å². The number of benzene rings is 1. The number of amides is 1. The Hall–Kier alpha value is -1.72. The highest BCUT2D eigenvalue weighted by Crippen LogP contribution is 2.19. The maximum absolute atomic E-state index is 12.3. The molecule has 0 aromatic heterocycles. The Balaban J connectivity index is 2.89. The van der Waals surface area contributed by atoms with Gasteiger partial charge in [0.1, 0.15) is 12.3 Å². The van der Waals surface area contributed by atoms with Crippen molar-refractivity contribution in [1.29, 1.82) is 0 Å². The molecular weight excluding hydrogens is 247 g/mol. The van der Waals surface area contributed by atoms with E-state index >= 15 is 0 Å². The molecule has 0 fully saturated rings. The standard InChI is InChI=1S/C12H14F3NO2/c1-2-6-16(8-12(13,14)15)11(18)9-4-3-5-10(17)7-9/h3-5,7,17H,2,6,8H2,1H3. The minimum atomic E-state index is -4.43. The molecule has 0 aliphatic heterocycles. The van der Waals surface area contributed by atoms with E-state index in [9.17, 15) is 23.1 Å². The second kappa shape index (κ2) is 5.75. The Morgan fingerprint density at radius 2 is 2.06 bits per heavy atom. The summed E-state index contributed by atoms with van der Waals surface area (Å²) in [5.74, 6) is -0.880. The highest BCUT2D eigenvalue weighted by molar-refractivity contribution is 5.94. The van der Waals surface area contributed by atoms with E-state index in [4.69, 9.17) is 0 Å². The van der Waals surface area contributed by atoms with Crippen molar-refractivity contribution in [2.75, 3.05) is 13.1 Å². The van der Waals surface area contributed by atoms with Gasteiger partial charge in [0.25, 0.3) is 5.91 Å². The van der Waals surface area contributed by atoms with Gasteiger partial charge >= 0.3 is 6.18 Å². The van der Waals surface area contributed by atoms with Crippen molar-refractivity contribution in [2.45, 2.75) is 19.5 Å².